The average Bonchev–Trinajstić information content (AvgIpc) is 2.68. The van der Waals surface area contributed by atoms with Crippen LogP contribution in [-0.2, 0) is 22.5 Å². The zero-order valence-electron chi connectivity index (χ0n) is 15.1. The molecule has 2 saturated heterocycles. The maximum atomic E-state index is 13.0. The predicted molar refractivity (Wildman–Crippen MR) is 107 cm³/mol. The summed E-state index contributed by atoms with van der Waals surface area (Å²) in [5.74, 6) is 0.170. The number of nitrogens with zero attached hydrogens (tertiary/aromatic N) is 2. The van der Waals surface area contributed by atoms with Gasteiger partial charge in [0.05, 0.1) is 6.61 Å². The first-order valence-corrected chi connectivity index (χ1v) is 9.23. The lowest BCUT2D eigenvalue weighted by Gasteiger charge is -2.41. The predicted octanol–water partition coefficient (Wildman–Crippen LogP) is 1.87. The van der Waals surface area contributed by atoms with Crippen LogP contribution in [0.5, 0.6) is 0 Å². The molecular formula is C19H29Cl2N3O2. The smallest absolute Gasteiger partial charge is 0.253 e. The molecular weight excluding hydrogens is 373 g/mol. The molecule has 26 heavy (non-hydrogen) atoms. The van der Waals surface area contributed by atoms with E-state index in [1.54, 1.807) is 0 Å². The monoisotopic (exact) mass is 401 g/mol. The summed E-state index contributed by atoms with van der Waals surface area (Å²) < 4.78 is 5.85. The lowest BCUT2D eigenvalue weighted by atomic mass is 9.99. The Morgan fingerprint density at radius 3 is 2.58 bits per heavy atom. The fourth-order valence-corrected chi connectivity index (χ4v) is 4.21. The molecule has 0 bridgehead atoms. The topological polar surface area (TPSA) is 44.8 Å². The Hall–Kier alpha value is -0.850. The third-order valence-corrected chi connectivity index (χ3v) is 5.64. The number of piperidine rings is 1. The SMILES string of the molecule is Cl.Cl.O=C(C1CN(C2CCNCC2)CCO1)N1CCc2ccccc2C1. The molecule has 3 aliphatic rings. The molecule has 0 radical (unpaired) electrons. The van der Waals surface area contributed by atoms with Gasteiger partial charge in [0.2, 0.25) is 0 Å². The number of morpholine rings is 1. The molecule has 1 amide bonds. The summed E-state index contributed by atoms with van der Waals surface area (Å²) in [5.41, 5.74) is 2.66. The molecule has 5 nitrogen and oxygen atoms in total. The Morgan fingerprint density at radius 1 is 1.08 bits per heavy atom. The number of fused-ring (bicyclic) bond motifs is 1. The van der Waals surface area contributed by atoms with Crippen molar-refractivity contribution in [1.29, 1.82) is 0 Å². The summed E-state index contributed by atoms with van der Waals surface area (Å²) in [6, 6.07) is 9.05. The Morgan fingerprint density at radius 2 is 1.81 bits per heavy atom. The van der Waals surface area contributed by atoms with E-state index < -0.39 is 0 Å². The van der Waals surface area contributed by atoms with E-state index in [1.165, 1.54) is 24.0 Å². The second-order valence-corrected chi connectivity index (χ2v) is 7.11. The highest BCUT2D eigenvalue weighted by molar-refractivity contribution is 5.85. The zero-order chi connectivity index (χ0) is 16.4. The van der Waals surface area contributed by atoms with Crippen LogP contribution in [0.4, 0.5) is 0 Å². The Labute approximate surface area is 168 Å². The number of hydrogen-bond donors (Lipinski definition) is 1. The summed E-state index contributed by atoms with van der Waals surface area (Å²) >= 11 is 0. The molecule has 0 spiro atoms. The number of rotatable bonds is 2. The van der Waals surface area contributed by atoms with Gasteiger partial charge in [-0.15, -0.1) is 24.8 Å². The number of halogens is 2. The highest BCUT2D eigenvalue weighted by Crippen LogP contribution is 2.22. The van der Waals surface area contributed by atoms with Gasteiger partial charge in [0.15, 0.2) is 0 Å². The average molecular weight is 402 g/mol. The Kier molecular flexibility index (Phi) is 8.17. The van der Waals surface area contributed by atoms with Gasteiger partial charge in [-0.1, -0.05) is 24.3 Å². The van der Waals surface area contributed by atoms with Crippen LogP contribution in [0, 0.1) is 0 Å². The molecule has 146 valence electrons. The molecule has 3 heterocycles. The Bertz CT molecular complexity index is 596. The van der Waals surface area contributed by atoms with Gasteiger partial charge >= 0.3 is 0 Å². The van der Waals surface area contributed by atoms with E-state index >= 15 is 0 Å². The first kappa shape index (κ1) is 21.5. The van der Waals surface area contributed by atoms with Gasteiger partial charge in [0.25, 0.3) is 5.91 Å². The highest BCUT2D eigenvalue weighted by atomic mass is 35.5. The van der Waals surface area contributed by atoms with Crippen LogP contribution in [0.15, 0.2) is 24.3 Å². The lowest BCUT2D eigenvalue weighted by Crippen LogP contribution is -2.55. The van der Waals surface area contributed by atoms with Crippen LogP contribution in [0.25, 0.3) is 0 Å². The minimum Gasteiger partial charge on any atom is -0.366 e. The largest absolute Gasteiger partial charge is 0.366 e. The fraction of sp³-hybridized carbons (Fsp3) is 0.632. The highest BCUT2D eigenvalue weighted by Gasteiger charge is 2.34. The summed E-state index contributed by atoms with van der Waals surface area (Å²) in [7, 11) is 0. The molecule has 4 rings (SSSR count). The summed E-state index contributed by atoms with van der Waals surface area (Å²) in [6.07, 6.45) is 3.02. The summed E-state index contributed by atoms with van der Waals surface area (Å²) in [5, 5.41) is 3.42. The van der Waals surface area contributed by atoms with E-state index in [0.717, 1.165) is 45.7 Å². The number of ether oxygens (including phenoxy) is 1. The number of nitrogens with one attached hydrogen (secondary N) is 1. The van der Waals surface area contributed by atoms with Crippen LogP contribution < -0.4 is 5.32 Å². The second-order valence-electron chi connectivity index (χ2n) is 7.11. The molecule has 1 atom stereocenters. The number of carbonyl (C=O) groups is 1. The molecule has 1 unspecified atom stereocenters. The van der Waals surface area contributed by atoms with Crippen molar-refractivity contribution >= 4 is 30.7 Å². The quantitative estimate of drug-likeness (QED) is 0.821. The van der Waals surface area contributed by atoms with Crippen molar-refractivity contribution < 1.29 is 9.53 Å². The molecule has 0 saturated carbocycles. The van der Waals surface area contributed by atoms with Crippen molar-refractivity contribution in [1.82, 2.24) is 15.1 Å². The third-order valence-electron chi connectivity index (χ3n) is 5.64. The van der Waals surface area contributed by atoms with Gasteiger partial charge in [-0.2, -0.15) is 0 Å². The van der Waals surface area contributed by atoms with Crippen LogP contribution in [0.1, 0.15) is 24.0 Å². The third kappa shape index (κ3) is 4.70. The molecule has 1 aromatic rings. The molecule has 7 heteroatoms. The molecule has 1 aromatic carbocycles. The fourth-order valence-electron chi connectivity index (χ4n) is 4.21. The van der Waals surface area contributed by atoms with E-state index in [0.29, 0.717) is 12.6 Å². The zero-order valence-corrected chi connectivity index (χ0v) is 16.7. The van der Waals surface area contributed by atoms with Gasteiger partial charge in [0.1, 0.15) is 6.10 Å². The van der Waals surface area contributed by atoms with Crippen molar-refractivity contribution in [2.75, 3.05) is 39.3 Å². The van der Waals surface area contributed by atoms with Gasteiger partial charge < -0.3 is 15.0 Å². The van der Waals surface area contributed by atoms with Gasteiger partial charge in [-0.3, -0.25) is 9.69 Å². The minimum atomic E-state index is -0.293. The van der Waals surface area contributed by atoms with Crippen molar-refractivity contribution in [2.45, 2.75) is 38.0 Å². The number of benzene rings is 1. The first-order valence-electron chi connectivity index (χ1n) is 9.23. The van der Waals surface area contributed by atoms with Crippen molar-refractivity contribution in [2.24, 2.45) is 0 Å². The number of hydrogen-bond acceptors (Lipinski definition) is 4. The number of amides is 1. The van der Waals surface area contributed by atoms with E-state index in [4.69, 9.17) is 4.74 Å². The van der Waals surface area contributed by atoms with Crippen molar-refractivity contribution in [3.8, 4) is 0 Å². The maximum absolute atomic E-state index is 13.0. The normalized spacial score (nSPS) is 24.2. The molecule has 0 aromatic heterocycles. The lowest BCUT2D eigenvalue weighted by molar-refractivity contribution is -0.151. The molecule has 0 aliphatic carbocycles. The van der Waals surface area contributed by atoms with Gasteiger partial charge in [0, 0.05) is 32.2 Å². The summed E-state index contributed by atoms with van der Waals surface area (Å²) in [6.45, 7) is 6.09. The molecule has 2 fully saturated rings. The van der Waals surface area contributed by atoms with Gasteiger partial charge in [-0.25, -0.2) is 0 Å². The number of carbonyl (C=O) groups excluding carboxylic acids is 1. The minimum absolute atomic E-state index is 0. The van der Waals surface area contributed by atoms with Crippen molar-refractivity contribution in [3.05, 3.63) is 35.4 Å². The van der Waals surface area contributed by atoms with Crippen LogP contribution in [0.2, 0.25) is 0 Å². The maximum Gasteiger partial charge on any atom is 0.253 e. The standard InChI is InChI=1S/C19H27N3O2.2ClH/c23-19(22-10-7-15-3-1-2-4-16(15)13-22)18-14-21(11-12-24-18)17-5-8-20-9-6-17;;/h1-4,17-18,20H,5-14H2;2*1H. The second kappa shape index (κ2) is 9.90. The van der Waals surface area contributed by atoms with Crippen LogP contribution in [-0.4, -0.2) is 67.2 Å². The van der Waals surface area contributed by atoms with E-state index in [-0.39, 0.29) is 36.8 Å². The summed E-state index contributed by atoms with van der Waals surface area (Å²) in [4.78, 5) is 17.4. The molecule has 3 aliphatic heterocycles. The van der Waals surface area contributed by atoms with E-state index in [9.17, 15) is 4.79 Å². The van der Waals surface area contributed by atoms with E-state index in [1.807, 2.05) is 4.90 Å². The van der Waals surface area contributed by atoms with Crippen LogP contribution in [0.3, 0.4) is 0 Å². The molecule has 1 N–H and O–H groups in total. The van der Waals surface area contributed by atoms with E-state index in [2.05, 4.69) is 34.5 Å². The van der Waals surface area contributed by atoms with Crippen molar-refractivity contribution in [3.63, 3.8) is 0 Å². The Balaban J connectivity index is 0.00000121. The first-order chi connectivity index (χ1) is 11.8. The van der Waals surface area contributed by atoms with Gasteiger partial charge in [-0.05, 0) is 43.5 Å². The van der Waals surface area contributed by atoms with Crippen LogP contribution >= 0.6 is 24.8 Å².